The Morgan fingerprint density at radius 2 is 2.25 bits per heavy atom. The van der Waals surface area contributed by atoms with Crippen LogP contribution >= 0.6 is 11.3 Å². The van der Waals surface area contributed by atoms with E-state index < -0.39 is 0 Å². The predicted molar refractivity (Wildman–Crippen MR) is 81.7 cm³/mol. The van der Waals surface area contributed by atoms with E-state index in [1.165, 1.54) is 6.42 Å². The first kappa shape index (κ1) is 15.9. The number of ether oxygens (including phenoxy) is 1. The van der Waals surface area contributed by atoms with Crippen molar-refractivity contribution in [3.63, 3.8) is 0 Å². The lowest BCUT2D eigenvalue weighted by Gasteiger charge is -2.48. The summed E-state index contributed by atoms with van der Waals surface area (Å²) >= 11 is 1.69. The quantitative estimate of drug-likeness (QED) is 0.774. The molecule has 1 aliphatic carbocycles. The van der Waals surface area contributed by atoms with Gasteiger partial charge in [-0.3, -0.25) is 0 Å². The fourth-order valence-electron chi connectivity index (χ4n) is 3.19. The zero-order valence-electron chi connectivity index (χ0n) is 12.7. The van der Waals surface area contributed by atoms with E-state index in [0.717, 1.165) is 29.3 Å². The molecule has 0 aromatic carbocycles. The molecule has 1 unspecified atom stereocenters. The molecule has 1 saturated carbocycles. The Balaban J connectivity index is 1.95. The lowest BCUT2D eigenvalue weighted by atomic mass is 9.62. The number of aliphatic hydroxyl groups is 1. The number of thiazole rings is 1. The highest BCUT2D eigenvalue weighted by Crippen LogP contribution is 2.45. The molecule has 4 nitrogen and oxygen atoms in total. The van der Waals surface area contributed by atoms with Crippen molar-refractivity contribution in [1.82, 2.24) is 10.3 Å². The largest absolute Gasteiger partial charge is 0.396 e. The Bertz CT molecular complexity index is 410. The summed E-state index contributed by atoms with van der Waals surface area (Å²) in [5.74, 6) is 0.515. The van der Waals surface area contributed by atoms with Crippen LogP contribution in [0.2, 0.25) is 0 Å². The molecule has 2 N–H and O–H groups in total. The molecule has 0 aliphatic heterocycles. The molecule has 1 fully saturated rings. The minimum atomic E-state index is 0.0841. The molecule has 1 heterocycles. The van der Waals surface area contributed by atoms with E-state index in [-0.39, 0.29) is 12.0 Å². The van der Waals surface area contributed by atoms with Gasteiger partial charge in [0.2, 0.25) is 0 Å². The van der Waals surface area contributed by atoms with Crippen molar-refractivity contribution < 1.29 is 9.84 Å². The van der Waals surface area contributed by atoms with Crippen LogP contribution in [0.3, 0.4) is 0 Å². The molecule has 2 rings (SSSR count). The molecule has 1 aromatic heterocycles. The molecule has 5 heteroatoms. The summed E-state index contributed by atoms with van der Waals surface area (Å²) in [6.45, 7) is 6.15. The van der Waals surface area contributed by atoms with E-state index in [0.29, 0.717) is 18.6 Å². The van der Waals surface area contributed by atoms with E-state index in [9.17, 15) is 5.11 Å². The van der Waals surface area contributed by atoms with E-state index in [1.54, 1.807) is 18.4 Å². The summed E-state index contributed by atoms with van der Waals surface area (Å²) in [5.41, 5.74) is 0.0841. The van der Waals surface area contributed by atoms with Gasteiger partial charge in [0.1, 0.15) is 5.01 Å². The molecule has 0 bridgehead atoms. The smallest absolute Gasteiger partial charge is 0.107 e. The van der Waals surface area contributed by atoms with Crippen molar-refractivity contribution in [3.8, 4) is 0 Å². The molecule has 0 radical (unpaired) electrons. The molecule has 1 aliphatic rings. The maximum absolute atomic E-state index is 9.76. The maximum Gasteiger partial charge on any atom is 0.107 e. The summed E-state index contributed by atoms with van der Waals surface area (Å²) in [4.78, 5) is 5.59. The molecule has 20 heavy (non-hydrogen) atoms. The molecule has 1 aromatic rings. The minimum Gasteiger partial charge on any atom is -0.396 e. The van der Waals surface area contributed by atoms with Gasteiger partial charge in [0.25, 0.3) is 0 Å². The third-order valence-electron chi connectivity index (χ3n) is 4.35. The SMILES string of the molecule is COCc1cnc(CNC(C(C)C)C2(CO)CCC2)s1. The van der Waals surface area contributed by atoms with Gasteiger partial charge < -0.3 is 15.2 Å². The van der Waals surface area contributed by atoms with Crippen molar-refractivity contribution in [3.05, 3.63) is 16.1 Å². The number of rotatable bonds is 8. The average Bonchev–Trinajstić information content (AvgIpc) is 2.80. The van der Waals surface area contributed by atoms with Gasteiger partial charge in [0.05, 0.1) is 18.1 Å². The van der Waals surface area contributed by atoms with Gasteiger partial charge in [-0.1, -0.05) is 20.3 Å². The van der Waals surface area contributed by atoms with Crippen molar-refractivity contribution in [2.45, 2.75) is 52.3 Å². The summed E-state index contributed by atoms with van der Waals surface area (Å²) in [5, 5.41) is 14.5. The summed E-state index contributed by atoms with van der Waals surface area (Å²) in [6.07, 6.45) is 5.39. The highest BCUT2D eigenvalue weighted by atomic mass is 32.1. The second kappa shape index (κ2) is 6.98. The normalized spacial score (nSPS) is 19.1. The Labute approximate surface area is 125 Å². The van der Waals surface area contributed by atoms with E-state index in [4.69, 9.17) is 4.74 Å². The van der Waals surface area contributed by atoms with E-state index >= 15 is 0 Å². The van der Waals surface area contributed by atoms with Crippen LogP contribution in [0.1, 0.15) is 43.0 Å². The number of hydrogen-bond donors (Lipinski definition) is 2. The van der Waals surface area contributed by atoms with E-state index in [1.807, 2.05) is 6.20 Å². The molecule has 0 amide bonds. The Hall–Kier alpha value is -0.490. The Kier molecular flexibility index (Phi) is 5.55. The van der Waals surface area contributed by atoms with Crippen LogP contribution in [-0.2, 0) is 17.9 Å². The number of nitrogens with zero attached hydrogens (tertiary/aromatic N) is 1. The average molecular weight is 298 g/mol. The minimum absolute atomic E-state index is 0.0841. The third kappa shape index (κ3) is 3.39. The summed E-state index contributed by atoms with van der Waals surface area (Å²) in [7, 11) is 1.70. The predicted octanol–water partition coefficient (Wildman–Crippen LogP) is 2.57. The molecule has 0 saturated heterocycles. The van der Waals surface area contributed by atoms with Crippen LogP contribution in [0, 0.1) is 11.3 Å². The van der Waals surface area contributed by atoms with Gasteiger partial charge in [0.15, 0.2) is 0 Å². The number of methoxy groups -OCH3 is 1. The van der Waals surface area contributed by atoms with Gasteiger partial charge in [-0.2, -0.15) is 0 Å². The molecule has 0 spiro atoms. The fraction of sp³-hybridized carbons (Fsp3) is 0.800. The number of aliphatic hydroxyl groups excluding tert-OH is 1. The van der Waals surface area contributed by atoms with Gasteiger partial charge in [-0.15, -0.1) is 11.3 Å². The first-order chi connectivity index (χ1) is 9.61. The van der Waals surface area contributed by atoms with Crippen LogP contribution in [0.4, 0.5) is 0 Å². The van der Waals surface area contributed by atoms with Crippen LogP contribution in [0.25, 0.3) is 0 Å². The second-order valence-corrected chi connectivity index (χ2v) is 7.33. The van der Waals surface area contributed by atoms with Crippen molar-refractivity contribution in [2.75, 3.05) is 13.7 Å². The van der Waals surface area contributed by atoms with Gasteiger partial charge in [0, 0.05) is 31.3 Å². The van der Waals surface area contributed by atoms with Gasteiger partial charge >= 0.3 is 0 Å². The zero-order valence-corrected chi connectivity index (χ0v) is 13.5. The molecular formula is C15H26N2O2S. The zero-order chi connectivity index (χ0) is 14.6. The highest BCUT2D eigenvalue weighted by Gasteiger charge is 2.44. The van der Waals surface area contributed by atoms with Gasteiger partial charge in [-0.05, 0) is 18.8 Å². The molecule has 114 valence electrons. The van der Waals surface area contributed by atoms with Crippen LogP contribution < -0.4 is 5.32 Å². The topological polar surface area (TPSA) is 54.4 Å². The lowest BCUT2D eigenvalue weighted by molar-refractivity contribution is -0.0101. The van der Waals surface area contributed by atoms with Crippen LogP contribution in [0.15, 0.2) is 6.20 Å². The Morgan fingerprint density at radius 3 is 2.75 bits per heavy atom. The molecule has 1 atom stereocenters. The summed E-state index contributed by atoms with van der Waals surface area (Å²) < 4.78 is 5.12. The molecular weight excluding hydrogens is 272 g/mol. The van der Waals surface area contributed by atoms with Crippen LogP contribution in [-0.4, -0.2) is 29.8 Å². The van der Waals surface area contributed by atoms with Crippen molar-refractivity contribution in [2.24, 2.45) is 11.3 Å². The number of hydrogen-bond acceptors (Lipinski definition) is 5. The first-order valence-electron chi connectivity index (χ1n) is 7.38. The van der Waals surface area contributed by atoms with Crippen LogP contribution in [0.5, 0.6) is 0 Å². The summed E-state index contributed by atoms with van der Waals surface area (Å²) in [6, 6.07) is 0.357. The fourth-order valence-corrected chi connectivity index (χ4v) is 4.04. The number of nitrogens with one attached hydrogen (secondary N) is 1. The standard InChI is InChI=1S/C15H26N2O2S/c1-11(2)14(15(10-18)5-4-6-15)17-8-13-16-7-12(20-13)9-19-3/h7,11,14,17-18H,4-6,8-10H2,1-3H3. The third-order valence-corrected chi connectivity index (χ3v) is 5.32. The highest BCUT2D eigenvalue weighted by molar-refractivity contribution is 7.11. The van der Waals surface area contributed by atoms with Gasteiger partial charge in [-0.25, -0.2) is 4.98 Å². The lowest BCUT2D eigenvalue weighted by Crippen LogP contribution is -2.54. The maximum atomic E-state index is 9.76. The first-order valence-corrected chi connectivity index (χ1v) is 8.20. The van der Waals surface area contributed by atoms with Crippen molar-refractivity contribution >= 4 is 11.3 Å². The Morgan fingerprint density at radius 1 is 1.50 bits per heavy atom. The monoisotopic (exact) mass is 298 g/mol. The second-order valence-electron chi connectivity index (χ2n) is 6.13. The van der Waals surface area contributed by atoms with E-state index in [2.05, 4.69) is 24.1 Å². The van der Waals surface area contributed by atoms with Crippen molar-refractivity contribution in [1.29, 1.82) is 0 Å². The number of aromatic nitrogens is 1.